The molecule has 30 heavy (non-hydrogen) atoms. The van der Waals surface area contributed by atoms with Crippen LogP contribution in [0.1, 0.15) is 42.6 Å². The molecule has 0 aromatic heterocycles. The smallest absolute Gasteiger partial charge is 0.253 e. The van der Waals surface area contributed by atoms with E-state index in [1.54, 1.807) is 24.3 Å². The van der Waals surface area contributed by atoms with Crippen LogP contribution in [-0.4, -0.2) is 36.3 Å². The predicted molar refractivity (Wildman–Crippen MR) is 117 cm³/mol. The van der Waals surface area contributed by atoms with Crippen LogP contribution >= 0.6 is 0 Å². The Morgan fingerprint density at radius 2 is 1.67 bits per heavy atom. The number of para-hydroxylation sites is 1. The van der Waals surface area contributed by atoms with Gasteiger partial charge in [-0.1, -0.05) is 24.3 Å². The van der Waals surface area contributed by atoms with E-state index in [-0.39, 0.29) is 36.3 Å². The van der Waals surface area contributed by atoms with Gasteiger partial charge in [0.05, 0.1) is 24.2 Å². The van der Waals surface area contributed by atoms with Crippen LogP contribution in [0.2, 0.25) is 0 Å². The molecule has 2 aromatic carbocycles. The van der Waals surface area contributed by atoms with Crippen LogP contribution in [0.25, 0.3) is 0 Å². The van der Waals surface area contributed by atoms with Crippen LogP contribution in [0.4, 0.5) is 11.4 Å². The maximum atomic E-state index is 12.4. The first-order valence-electron chi connectivity index (χ1n) is 10.2. The van der Waals surface area contributed by atoms with Gasteiger partial charge < -0.3 is 21.3 Å². The summed E-state index contributed by atoms with van der Waals surface area (Å²) in [6.45, 7) is 3.91. The Labute approximate surface area is 176 Å². The second-order valence-electron chi connectivity index (χ2n) is 7.79. The molecule has 0 bridgehead atoms. The minimum atomic E-state index is -0.248. The zero-order chi connectivity index (χ0) is 21.5. The molecule has 0 atom stereocenters. The van der Waals surface area contributed by atoms with Gasteiger partial charge in [0.25, 0.3) is 5.91 Å². The Balaban J connectivity index is 1.50. The van der Waals surface area contributed by atoms with Crippen LogP contribution in [-0.2, 0) is 16.0 Å². The maximum Gasteiger partial charge on any atom is 0.253 e. The molecule has 2 aromatic rings. The zero-order valence-electron chi connectivity index (χ0n) is 17.3. The Kier molecular flexibility index (Phi) is 7.06. The molecule has 0 unspecified atom stereocenters. The molecule has 0 spiro atoms. The van der Waals surface area contributed by atoms with Gasteiger partial charge in [0.1, 0.15) is 0 Å². The van der Waals surface area contributed by atoms with Gasteiger partial charge >= 0.3 is 0 Å². The molecular weight excluding hydrogens is 380 g/mol. The molecule has 1 aliphatic carbocycles. The highest BCUT2D eigenvalue weighted by Gasteiger charge is 2.25. The molecular formula is C23H28N4O3. The van der Waals surface area contributed by atoms with Crippen molar-refractivity contribution in [3.63, 3.8) is 0 Å². The summed E-state index contributed by atoms with van der Waals surface area (Å²) in [5, 5.41) is 11.6. The van der Waals surface area contributed by atoms with E-state index >= 15 is 0 Å². The fourth-order valence-corrected chi connectivity index (χ4v) is 2.96. The van der Waals surface area contributed by atoms with Crippen molar-refractivity contribution in [2.75, 3.05) is 17.2 Å². The number of benzene rings is 2. The van der Waals surface area contributed by atoms with Crippen LogP contribution in [0, 0.1) is 0 Å². The number of amides is 3. The van der Waals surface area contributed by atoms with Gasteiger partial charge in [-0.2, -0.15) is 0 Å². The monoisotopic (exact) mass is 408 g/mol. The third-order valence-electron chi connectivity index (χ3n) is 4.58. The first-order chi connectivity index (χ1) is 14.4. The SMILES string of the molecule is CC(C)NC(=O)Cc1ccc(NCC(=O)Nc2ccccc2C(=O)NC2CC2)cc1. The molecule has 0 saturated heterocycles. The first-order valence-corrected chi connectivity index (χ1v) is 10.2. The highest BCUT2D eigenvalue weighted by atomic mass is 16.2. The van der Waals surface area contributed by atoms with Crippen LogP contribution < -0.4 is 21.3 Å². The fraction of sp³-hybridized carbons (Fsp3) is 0.348. The maximum absolute atomic E-state index is 12.4. The van der Waals surface area contributed by atoms with Gasteiger partial charge in [0.2, 0.25) is 11.8 Å². The van der Waals surface area contributed by atoms with Crippen LogP contribution in [0.15, 0.2) is 48.5 Å². The largest absolute Gasteiger partial charge is 0.376 e. The number of rotatable bonds is 9. The van der Waals surface area contributed by atoms with E-state index < -0.39 is 0 Å². The van der Waals surface area contributed by atoms with Gasteiger partial charge in [-0.05, 0) is 56.5 Å². The summed E-state index contributed by atoms with van der Waals surface area (Å²) in [5.41, 5.74) is 2.63. The number of hydrogen-bond acceptors (Lipinski definition) is 4. The number of nitrogens with one attached hydrogen (secondary N) is 4. The molecule has 0 aliphatic heterocycles. The van der Waals surface area contributed by atoms with Crippen molar-refractivity contribution >= 4 is 29.1 Å². The highest BCUT2D eigenvalue weighted by Crippen LogP contribution is 2.21. The number of carbonyl (C=O) groups excluding carboxylic acids is 3. The third-order valence-corrected chi connectivity index (χ3v) is 4.58. The second-order valence-corrected chi connectivity index (χ2v) is 7.79. The van der Waals surface area contributed by atoms with Crippen LogP contribution in [0.5, 0.6) is 0 Å². The minimum absolute atomic E-state index is 0.0190. The van der Waals surface area contributed by atoms with Crippen molar-refractivity contribution in [3.05, 3.63) is 59.7 Å². The van der Waals surface area contributed by atoms with Gasteiger partial charge in [-0.3, -0.25) is 14.4 Å². The minimum Gasteiger partial charge on any atom is -0.376 e. The molecule has 3 amide bonds. The first kappa shape index (κ1) is 21.4. The molecule has 158 valence electrons. The zero-order valence-corrected chi connectivity index (χ0v) is 17.3. The fourth-order valence-electron chi connectivity index (χ4n) is 2.96. The molecule has 7 heteroatoms. The van der Waals surface area contributed by atoms with Gasteiger partial charge in [0.15, 0.2) is 0 Å². The van der Waals surface area contributed by atoms with E-state index in [1.165, 1.54) is 0 Å². The number of hydrogen-bond donors (Lipinski definition) is 4. The molecule has 1 saturated carbocycles. The Morgan fingerprint density at radius 3 is 2.33 bits per heavy atom. The van der Waals surface area contributed by atoms with E-state index in [2.05, 4.69) is 21.3 Å². The standard InChI is InChI=1S/C23H28N4O3/c1-15(2)25-21(28)13-16-7-9-17(10-8-16)24-14-22(29)27-20-6-4-3-5-19(20)23(30)26-18-11-12-18/h3-10,15,18,24H,11-14H2,1-2H3,(H,25,28)(H,26,30)(H,27,29). The number of carbonyl (C=O) groups is 3. The molecule has 1 fully saturated rings. The molecule has 3 rings (SSSR count). The number of anilines is 2. The lowest BCUT2D eigenvalue weighted by Crippen LogP contribution is -2.31. The normalized spacial score (nSPS) is 12.9. The summed E-state index contributed by atoms with van der Waals surface area (Å²) in [4.78, 5) is 36.5. The lowest BCUT2D eigenvalue weighted by molar-refractivity contribution is -0.121. The topological polar surface area (TPSA) is 99.3 Å². The summed E-state index contributed by atoms with van der Waals surface area (Å²) in [6.07, 6.45) is 2.33. The quantitative estimate of drug-likeness (QED) is 0.513. The third kappa shape index (κ3) is 6.62. The van der Waals surface area contributed by atoms with Crippen molar-refractivity contribution in [1.29, 1.82) is 0 Å². The molecule has 0 heterocycles. The summed E-state index contributed by atoms with van der Waals surface area (Å²) in [7, 11) is 0. The summed E-state index contributed by atoms with van der Waals surface area (Å²) in [5.74, 6) is -0.435. The Morgan fingerprint density at radius 1 is 0.967 bits per heavy atom. The molecule has 0 radical (unpaired) electrons. The van der Waals surface area contributed by atoms with E-state index in [1.807, 2.05) is 38.1 Å². The molecule has 7 nitrogen and oxygen atoms in total. The average Bonchev–Trinajstić information content (AvgIpc) is 3.51. The predicted octanol–water partition coefficient (Wildman–Crippen LogP) is 2.70. The van der Waals surface area contributed by atoms with Crippen molar-refractivity contribution < 1.29 is 14.4 Å². The molecule has 1 aliphatic rings. The second kappa shape index (κ2) is 9.91. The van der Waals surface area contributed by atoms with E-state index in [9.17, 15) is 14.4 Å². The highest BCUT2D eigenvalue weighted by molar-refractivity contribution is 6.04. The van der Waals surface area contributed by atoms with Gasteiger partial charge in [-0.25, -0.2) is 0 Å². The lowest BCUT2D eigenvalue weighted by atomic mass is 10.1. The van der Waals surface area contributed by atoms with Crippen molar-refractivity contribution in [2.24, 2.45) is 0 Å². The summed E-state index contributed by atoms with van der Waals surface area (Å²) >= 11 is 0. The lowest BCUT2D eigenvalue weighted by Gasteiger charge is -2.12. The van der Waals surface area contributed by atoms with E-state index in [0.717, 1.165) is 24.1 Å². The summed E-state index contributed by atoms with van der Waals surface area (Å²) in [6, 6.07) is 14.7. The summed E-state index contributed by atoms with van der Waals surface area (Å²) < 4.78 is 0. The Bertz CT molecular complexity index is 905. The van der Waals surface area contributed by atoms with Crippen molar-refractivity contribution in [3.8, 4) is 0 Å². The molecule has 4 N–H and O–H groups in total. The average molecular weight is 409 g/mol. The van der Waals surface area contributed by atoms with E-state index in [4.69, 9.17) is 0 Å². The van der Waals surface area contributed by atoms with Crippen molar-refractivity contribution in [1.82, 2.24) is 10.6 Å². The van der Waals surface area contributed by atoms with Gasteiger partial charge in [0, 0.05) is 17.8 Å². The van der Waals surface area contributed by atoms with Gasteiger partial charge in [-0.15, -0.1) is 0 Å². The van der Waals surface area contributed by atoms with E-state index in [0.29, 0.717) is 17.7 Å². The van der Waals surface area contributed by atoms with Crippen LogP contribution in [0.3, 0.4) is 0 Å². The van der Waals surface area contributed by atoms with Crippen molar-refractivity contribution in [2.45, 2.75) is 45.2 Å². The Hall–Kier alpha value is -3.35.